The first-order valence-corrected chi connectivity index (χ1v) is 6.15. The Labute approximate surface area is 102 Å². The van der Waals surface area contributed by atoms with Crippen LogP contribution >= 0.6 is 0 Å². The summed E-state index contributed by atoms with van der Waals surface area (Å²) in [5.41, 5.74) is 3.41. The van der Waals surface area contributed by atoms with Crippen molar-refractivity contribution in [2.45, 2.75) is 39.2 Å². The Morgan fingerprint density at radius 1 is 1.41 bits per heavy atom. The second kappa shape index (κ2) is 4.84. The standard InChI is InChI=1S/C13H20N4/c1-5-11(10(3)14-4)12-6-9(2)7-13-15-8-16-17(12)13/h6-8,10-11,14H,5H2,1-4H3. The first-order chi connectivity index (χ1) is 8.17. The van der Waals surface area contributed by atoms with Crippen LogP contribution in [0.3, 0.4) is 0 Å². The lowest BCUT2D eigenvalue weighted by Crippen LogP contribution is -2.30. The van der Waals surface area contributed by atoms with Crippen molar-refractivity contribution in [1.82, 2.24) is 19.9 Å². The molecule has 4 heteroatoms. The van der Waals surface area contributed by atoms with E-state index in [0.717, 1.165) is 12.1 Å². The van der Waals surface area contributed by atoms with E-state index >= 15 is 0 Å². The predicted molar refractivity (Wildman–Crippen MR) is 69.3 cm³/mol. The molecule has 2 atom stereocenters. The molecule has 0 bridgehead atoms. The zero-order valence-electron chi connectivity index (χ0n) is 10.9. The Bertz CT molecular complexity index is 503. The summed E-state index contributed by atoms with van der Waals surface area (Å²) in [5, 5.41) is 7.65. The number of hydrogen-bond donors (Lipinski definition) is 1. The lowest BCUT2D eigenvalue weighted by molar-refractivity contribution is 0.466. The molecule has 0 aliphatic carbocycles. The molecule has 0 radical (unpaired) electrons. The normalized spacial score (nSPS) is 15.1. The van der Waals surface area contributed by atoms with Crippen molar-refractivity contribution >= 4 is 5.65 Å². The lowest BCUT2D eigenvalue weighted by Gasteiger charge is -2.23. The summed E-state index contributed by atoms with van der Waals surface area (Å²) < 4.78 is 1.95. The molecule has 0 amide bonds. The van der Waals surface area contributed by atoms with Gasteiger partial charge in [-0.15, -0.1) is 0 Å². The van der Waals surface area contributed by atoms with Gasteiger partial charge in [0.05, 0.1) is 0 Å². The fourth-order valence-corrected chi connectivity index (χ4v) is 2.37. The molecule has 2 aromatic heterocycles. The average molecular weight is 232 g/mol. The van der Waals surface area contributed by atoms with Gasteiger partial charge in [-0.1, -0.05) is 6.92 Å². The minimum Gasteiger partial charge on any atom is -0.317 e. The van der Waals surface area contributed by atoms with E-state index in [4.69, 9.17) is 0 Å². The highest BCUT2D eigenvalue weighted by Crippen LogP contribution is 2.24. The van der Waals surface area contributed by atoms with Gasteiger partial charge < -0.3 is 5.32 Å². The van der Waals surface area contributed by atoms with E-state index in [1.54, 1.807) is 6.33 Å². The van der Waals surface area contributed by atoms with E-state index in [9.17, 15) is 0 Å². The Morgan fingerprint density at radius 3 is 2.82 bits per heavy atom. The van der Waals surface area contributed by atoms with E-state index in [1.807, 2.05) is 11.6 Å². The van der Waals surface area contributed by atoms with Crippen molar-refractivity contribution in [3.8, 4) is 0 Å². The fraction of sp³-hybridized carbons (Fsp3) is 0.538. The monoisotopic (exact) mass is 232 g/mol. The van der Waals surface area contributed by atoms with E-state index in [-0.39, 0.29) is 0 Å². The Balaban J connectivity index is 2.55. The van der Waals surface area contributed by atoms with Crippen molar-refractivity contribution in [2.75, 3.05) is 7.05 Å². The van der Waals surface area contributed by atoms with Crippen LogP contribution in [0.5, 0.6) is 0 Å². The molecule has 0 aliphatic heterocycles. The van der Waals surface area contributed by atoms with E-state index < -0.39 is 0 Å². The van der Waals surface area contributed by atoms with Crippen LogP contribution in [0, 0.1) is 6.92 Å². The number of nitrogens with zero attached hydrogens (tertiary/aromatic N) is 3. The molecule has 0 saturated heterocycles. The quantitative estimate of drug-likeness (QED) is 0.878. The van der Waals surface area contributed by atoms with Crippen LogP contribution < -0.4 is 5.32 Å². The van der Waals surface area contributed by atoms with Crippen LogP contribution in [0.15, 0.2) is 18.5 Å². The molecule has 2 rings (SSSR count). The van der Waals surface area contributed by atoms with E-state index in [0.29, 0.717) is 12.0 Å². The molecular weight excluding hydrogens is 212 g/mol. The van der Waals surface area contributed by atoms with Crippen LogP contribution in [0.2, 0.25) is 0 Å². The van der Waals surface area contributed by atoms with E-state index in [1.165, 1.54) is 11.3 Å². The fourth-order valence-electron chi connectivity index (χ4n) is 2.37. The third kappa shape index (κ3) is 2.17. The minimum absolute atomic E-state index is 0.425. The van der Waals surface area contributed by atoms with Gasteiger partial charge in [-0.05, 0) is 45.0 Å². The summed E-state index contributed by atoms with van der Waals surface area (Å²) in [6.07, 6.45) is 2.70. The molecule has 2 unspecified atom stereocenters. The molecule has 0 aromatic carbocycles. The van der Waals surface area contributed by atoms with Gasteiger partial charge >= 0.3 is 0 Å². The predicted octanol–water partition coefficient (Wildman–Crippen LogP) is 2.14. The van der Waals surface area contributed by atoms with Crippen LogP contribution in [0.1, 0.15) is 37.4 Å². The maximum atomic E-state index is 4.32. The topological polar surface area (TPSA) is 42.2 Å². The molecule has 1 N–H and O–H groups in total. The molecule has 0 fully saturated rings. The molecule has 0 saturated carbocycles. The zero-order chi connectivity index (χ0) is 12.4. The second-order valence-electron chi connectivity index (χ2n) is 4.58. The van der Waals surface area contributed by atoms with Gasteiger partial charge in [-0.3, -0.25) is 0 Å². The van der Waals surface area contributed by atoms with Gasteiger partial charge in [0, 0.05) is 17.7 Å². The van der Waals surface area contributed by atoms with Crippen LogP contribution in [-0.4, -0.2) is 27.7 Å². The summed E-state index contributed by atoms with van der Waals surface area (Å²) in [6.45, 7) is 6.53. The van der Waals surface area contributed by atoms with Gasteiger partial charge in [0.15, 0.2) is 5.65 Å². The summed E-state index contributed by atoms with van der Waals surface area (Å²) in [4.78, 5) is 4.27. The van der Waals surface area contributed by atoms with Crippen molar-refractivity contribution in [3.05, 3.63) is 29.7 Å². The highest BCUT2D eigenvalue weighted by atomic mass is 15.3. The minimum atomic E-state index is 0.425. The first kappa shape index (κ1) is 12.0. The highest BCUT2D eigenvalue weighted by Gasteiger charge is 2.19. The van der Waals surface area contributed by atoms with Crippen LogP contribution in [0.25, 0.3) is 5.65 Å². The number of likely N-dealkylation sites (N-methyl/N-ethyl adjacent to an activating group) is 1. The lowest BCUT2D eigenvalue weighted by atomic mass is 9.93. The van der Waals surface area contributed by atoms with Crippen molar-refractivity contribution in [1.29, 1.82) is 0 Å². The molecule has 2 aromatic rings. The Kier molecular flexibility index (Phi) is 3.43. The number of aryl methyl sites for hydroxylation is 1. The molecule has 92 valence electrons. The molecule has 0 aliphatic rings. The molecule has 0 spiro atoms. The average Bonchev–Trinajstić information content (AvgIpc) is 2.77. The van der Waals surface area contributed by atoms with Gasteiger partial charge in [-0.2, -0.15) is 5.10 Å². The number of hydrogen-bond acceptors (Lipinski definition) is 3. The molecule has 17 heavy (non-hydrogen) atoms. The summed E-state index contributed by atoms with van der Waals surface area (Å²) in [5.74, 6) is 0.448. The summed E-state index contributed by atoms with van der Waals surface area (Å²) >= 11 is 0. The maximum Gasteiger partial charge on any atom is 0.155 e. The molecular formula is C13H20N4. The number of rotatable bonds is 4. The third-order valence-corrected chi connectivity index (χ3v) is 3.43. The van der Waals surface area contributed by atoms with Crippen molar-refractivity contribution in [3.63, 3.8) is 0 Å². The number of pyridine rings is 1. The van der Waals surface area contributed by atoms with Gasteiger partial charge in [0.2, 0.25) is 0 Å². The van der Waals surface area contributed by atoms with Crippen molar-refractivity contribution in [2.24, 2.45) is 0 Å². The highest BCUT2D eigenvalue weighted by molar-refractivity contribution is 5.42. The second-order valence-corrected chi connectivity index (χ2v) is 4.58. The van der Waals surface area contributed by atoms with Crippen LogP contribution in [-0.2, 0) is 0 Å². The summed E-state index contributed by atoms with van der Waals surface area (Å²) in [6, 6.07) is 4.70. The van der Waals surface area contributed by atoms with Crippen molar-refractivity contribution < 1.29 is 0 Å². The third-order valence-electron chi connectivity index (χ3n) is 3.43. The van der Waals surface area contributed by atoms with E-state index in [2.05, 4.69) is 48.3 Å². The number of nitrogens with one attached hydrogen (secondary N) is 1. The Hall–Kier alpha value is -1.42. The number of fused-ring (bicyclic) bond motifs is 1. The molecule has 4 nitrogen and oxygen atoms in total. The first-order valence-electron chi connectivity index (χ1n) is 6.15. The van der Waals surface area contributed by atoms with Gasteiger partial charge in [0.1, 0.15) is 6.33 Å². The van der Waals surface area contributed by atoms with Gasteiger partial charge in [0.25, 0.3) is 0 Å². The molecule has 2 heterocycles. The number of aromatic nitrogens is 3. The largest absolute Gasteiger partial charge is 0.317 e. The smallest absolute Gasteiger partial charge is 0.155 e. The maximum absolute atomic E-state index is 4.32. The van der Waals surface area contributed by atoms with Crippen LogP contribution in [0.4, 0.5) is 0 Å². The zero-order valence-corrected chi connectivity index (χ0v) is 10.9. The van der Waals surface area contributed by atoms with Gasteiger partial charge in [-0.25, -0.2) is 9.50 Å². The Morgan fingerprint density at radius 2 is 2.18 bits per heavy atom. The summed E-state index contributed by atoms with van der Waals surface area (Å²) in [7, 11) is 2.00. The SMILES string of the molecule is CCC(c1cc(C)cc2ncnn12)C(C)NC.